The van der Waals surface area contributed by atoms with E-state index in [1.54, 1.807) is 18.3 Å². The van der Waals surface area contributed by atoms with Crippen LogP contribution < -0.4 is 5.73 Å². The summed E-state index contributed by atoms with van der Waals surface area (Å²) in [6.45, 7) is 0. The average molecular weight is 199 g/mol. The second kappa shape index (κ2) is 3.88. The van der Waals surface area contributed by atoms with Crippen molar-refractivity contribution >= 4 is 12.1 Å². The Hall–Kier alpha value is -2.23. The highest BCUT2D eigenvalue weighted by Gasteiger charge is 1.99. The normalized spacial score (nSPS) is 9.87. The van der Waals surface area contributed by atoms with Crippen molar-refractivity contribution < 1.29 is 4.79 Å². The van der Waals surface area contributed by atoms with Crippen molar-refractivity contribution in [1.82, 2.24) is 9.97 Å². The van der Waals surface area contributed by atoms with Gasteiger partial charge in [-0.2, -0.15) is 0 Å². The molecule has 15 heavy (non-hydrogen) atoms. The fraction of sp³-hybridized carbons (Fsp3) is 0. The van der Waals surface area contributed by atoms with Crippen LogP contribution in [0.5, 0.6) is 0 Å². The topological polar surface area (TPSA) is 68.9 Å². The Bertz CT molecular complexity index is 462. The van der Waals surface area contributed by atoms with E-state index in [0.29, 0.717) is 11.4 Å². The molecule has 1 aromatic heterocycles. The molecule has 1 aromatic carbocycles. The van der Waals surface area contributed by atoms with Gasteiger partial charge in [0.15, 0.2) is 0 Å². The van der Waals surface area contributed by atoms with Gasteiger partial charge in [-0.1, -0.05) is 24.3 Å². The van der Waals surface area contributed by atoms with Crippen LogP contribution in [-0.2, 0) is 0 Å². The molecule has 2 N–H and O–H groups in total. The highest BCUT2D eigenvalue weighted by atomic mass is 16.1. The number of carbonyl (C=O) groups is 1. The van der Waals surface area contributed by atoms with Crippen molar-refractivity contribution in [3.8, 4) is 11.3 Å². The summed E-state index contributed by atoms with van der Waals surface area (Å²) in [5, 5.41) is 0. The summed E-state index contributed by atoms with van der Waals surface area (Å²) < 4.78 is 0. The molecule has 0 aliphatic carbocycles. The standard InChI is InChI=1S/C11H9N3O/c12-11-6-13-10(5-14-11)9-3-1-8(7-15)2-4-9/h1-7H,(H2,12,14). The predicted octanol–water partition coefficient (Wildman–Crippen LogP) is 1.54. The lowest BCUT2D eigenvalue weighted by molar-refractivity contribution is 0.112. The van der Waals surface area contributed by atoms with E-state index in [4.69, 9.17) is 5.73 Å². The predicted molar refractivity (Wildman–Crippen MR) is 57.3 cm³/mol. The molecule has 0 fully saturated rings. The van der Waals surface area contributed by atoms with Gasteiger partial charge in [0.1, 0.15) is 12.1 Å². The molecule has 0 bridgehead atoms. The molecule has 0 aliphatic rings. The molecule has 4 nitrogen and oxygen atoms in total. The van der Waals surface area contributed by atoms with Crippen LogP contribution in [0.15, 0.2) is 36.7 Å². The SMILES string of the molecule is Nc1cnc(-c2ccc(C=O)cc2)cn1. The number of anilines is 1. The molecule has 2 aromatic rings. The maximum Gasteiger partial charge on any atom is 0.150 e. The van der Waals surface area contributed by atoms with Gasteiger partial charge in [0.2, 0.25) is 0 Å². The number of aldehydes is 1. The summed E-state index contributed by atoms with van der Waals surface area (Å²) in [6.07, 6.45) is 3.91. The van der Waals surface area contributed by atoms with Gasteiger partial charge in [-0.05, 0) is 0 Å². The van der Waals surface area contributed by atoms with Gasteiger partial charge in [-0.15, -0.1) is 0 Å². The van der Waals surface area contributed by atoms with Crippen LogP contribution in [0.3, 0.4) is 0 Å². The van der Waals surface area contributed by atoms with Gasteiger partial charge >= 0.3 is 0 Å². The van der Waals surface area contributed by atoms with Crippen LogP contribution in [0.25, 0.3) is 11.3 Å². The number of aromatic nitrogens is 2. The van der Waals surface area contributed by atoms with Crippen molar-refractivity contribution in [1.29, 1.82) is 0 Å². The molecule has 0 spiro atoms. The minimum Gasteiger partial charge on any atom is -0.382 e. The Labute approximate surface area is 86.8 Å². The van der Waals surface area contributed by atoms with Gasteiger partial charge in [-0.25, -0.2) is 4.98 Å². The van der Waals surface area contributed by atoms with E-state index in [1.165, 1.54) is 6.20 Å². The maximum absolute atomic E-state index is 10.5. The number of carbonyl (C=O) groups excluding carboxylic acids is 1. The molecule has 2 rings (SSSR count). The first-order valence-corrected chi connectivity index (χ1v) is 4.43. The van der Waals surface area contributed by atoms with Crippen LogP contribution in [0.4, 0.5) is 5.82 Å². The summed E-state index contributed by atoms with van der Waals surface area (Å²) >= 11 is 0. The van der Waals surface area contributed by atoms with Crippen molar-refractivity contribution in [2.75, 3.05) is 5.73 Å². The van der Waals surface area contributed by atoms with E-state index in [9.17, 15) is 4.79 Å². The molecule has 0 atom stereocenters. The Morgan fingerprint density at radius 1 is 1.07 bits per heavy atom. The minimum absolute atomic E-state index is 0.392. The lowest BCUT2D eigenvalue weighted by Crippen LogP contribution is -1.92. The first-order chi connectivity index (χ1) is 7.29. The third-order valence-corrected chi connectivity index (χ3v) is 2.01. The smallest absolute Gasteiger partial charge is 0.150 e. The molecular weight excluding hydrogens is 190 g/mol. The summed E-state index contributed by atoms with van der Waals surface area (Å²) in [4.78, 5) is 18.5. The van der Waals surface area contributed by atoms with Gasteiger partial charge in [-0.3, -0.25) is 9.78 Å². The Morgan fingerprint density at radius 3 is 2.33 bits per heavy atom. The molecule has 1 heterocycles. The molecule has 0 radical (unpaired) electrons. The third-order valence-electron chi connectivity index (χ3n) is 2.01. The molecule has 0 saturated carbocycles. The number of nitrogens with zero attached hydrogens (tertiary/aromatic N) is 2. The van der Waals surface area contributed by atoms with E-state index in [1.807, 2.05) is 12.1 Å². The van der Waals surface area contributed by atoms with Crippen molar-refractivity contribution in [3.63, 3.8) is 0 Å². The van der Waals surface area contributed by atoms with Crippen LogP contribution >= 0.6 is 0 Å². The van der Waals surface area contributed by atoms with Gasteiger partial charge in [0.05, 0.1) is 18.1 Å². The zero-order chi connectivity index (χ0) is 10.7. The molecule has 0 unspecified atom stereocenters. The van der Waals surface area contributed by atoms with E-state index in [2.05, 4.69) is 9.97 Å². The fourth-order valence-corrected chi connectivity index (χ4v) is 1.22. The maximum atomic E-state index is 10.5. The number of benzene rings is 1. The second-order valence-corrected chi connectivity index (χ2v) is 3.07. The number of nitrogen functional groups attached to an aromatic ring is 1. The van der Waals surface area contributed by atoms with Crippen LogP contribution in [0.2, 0.25) is 0 Å². The molecule has 0 aliphatic heterocycles. The van der Waals surface area contributed by atoms with Crippen LogP contribution in [-0.4, -0.2) is 16.3 Å². The quantitative estimate of drug-likeness (QED) is 0.745. The van der Waals surface area contributed by atoms with Crippen molar-refractivity contribution in [2.24, 2.45) is 0 Å². The number of hydrogen-bond acceptors (Lipinski definition) is 4. The molecule has 0 amide bonds. The largest absolute Gasteiger partial charge is 0.382 e. The number of nitrogens with two attached hydrogens (primary N) is 1. The Kier molecular flexibility index (Phi) is 2.41. The first kappa shape index (κ1) is 9.33. The second-order valence-electron chi connectivity index (χ2n) is 3.07. The highest BCUT2D eigenvalue weighted by Crippen LogP contribution is 2.16. The zero-order valence-electron chi connectivity index (χ0n) is 7.92. The van der Waals surface area contributed by atoms with Crippen LogP contribution in [0.1, 0.15) is 10.4 Å². The van der Waals surface area contributed by atoms with Crippen molar-refractivity contribution in [2.45, 2.75) is 0 Å². The summed E-state index contributed by atoms with van der Waals surface area (Å²) in [7, 11) is 0. The first-order valence-electron chi connectivity index (χ1n) is 4.43. The number of hydrogen-bond donors (Lipinski definition) is 1. The van der Waals surface area contributed by atoms with Gasteiger partial charge in [0, 0.05) is 11.1 Å². The Morgan fingerprint density at radius 2 is 1.80 bits per heavy atom. The lowest BCUT2D eigenvalue weighted by atomic mass is 10.1. The van der Waals surface area contributed by atoms with E-state index < -0.39 is 0 Å². The lowest BCUT2D eigenvalue weighted by Gasteiger charge is -2.00. The van der Waals surface area contributed by atoms with E-state index >= 15 is 0 Å². The summed E-state index contributed by atoms with van der Waals surface area (Å²) in [5.74, 6) is 0.392. The van der Waals surface area contributed by atoms with Crippen LogP contribution in [0, 0.1) is 0 Å². The molecule has 4 heteroatoms. The number of rotatable bonds is 2. The van der Waals surface area contributed by atoms with E-state index in [-0.39, 0.29) is 0 Å². The van der Waals surface area contributed by atoms with Gasteiger partial charge in [0.25, 0.3) is 0 Å². The van der Waals surface area contributed by atoms with Gasteiger partial charge < -0.3 is 5.73 Å². The highest BCUT2D eigenvalue weighted by molar-refractivity contribution is 5.76. The minimum atomic E-state index is 0.392. The fourth-order valence-electron chi connectivity index (χ4n) is 1.22. The summed E-state index contributed by atoms with van der Waals surface area (Å²) in [5.41, 5.74) is 7.72. The van der Waals surface area contributed by atoms with Crippen molar-refractivity contribution in [3.05, 3.63) is 42.2 Å². The Balaban J connectivity index is 2.37. The molecular formula is C11H9N3O. The zero-order valence-corrected chi connectivity index (χ0v) is 7.92. The monoisotopic (exact) mass is 199 g/mol. The molecule has 0 saturated heterocycles. The average Bonchev–Trinajstić information content (AvgIpc) is 2.30. The molecule has 74 valence electrons. The van der Waals surface area contributed by atoms with E-state index in [0.717, 1.165) is 17.5 Å². The third kappa shape index (κ3) is 1.99. The summed E-state index contributed by atoms with van der Waals surface area (Å²) in [6, 6.07) is 7.12.